The van der Waals surface area contributed by atoms with Gasteiger partial charge < -0.3 is 5.21 Å². The maximum absolute atomic E-state index is 9.06. The summed E-state index contributed by atoms with van der Waals surface area (Å²) in [6.45, 7) is 9.30. The molecule has 0 unspecified atom stereocenters. The third-order valence-electron chi connectivity index (χ3n) is 5.56. The Labute approximate surface area is 92.8 Å². The highest BCUT2D eigenvalue weighted by Crippen LogP contribution is 2.67. The third-order valence-corrected chi connectivity index (χ3v) is 5.56. The molecule has 2 aliphatic rings. The van der Waals surface area contributed by atoms with Gasteiger partial charge in [-0.1, -0.05) is 32.9 Å². The first-order valence-corrected chi connectivity index (χ1v) is 6.17. The molecule has 86 valence electrons. The highest BCUT2D eigenvalue weighted by Gasteiger charge is 2.61. The zero-order valence-corrected chi connectivity index (χ0v) is 10.4. The Morgan fingerprint density at radius 1 is 1.40 bits per heavy atom. The molecule has 2 bridgehead atoms. The fraction of sp³-hybridized carbons (Fsp3) is 0.923. The number of oxime groups is 1. The van der Waals surface area contributed by atoms with Crippen LogP contribution in [-0.2, 0) is 0 Å². The van der Waals surface area contributed by atoms with Gasteiger partial charge in [0, 0.05) is 5.92 Å². The van der Waals surface area contributed by atoms with Crippen LogP contribution in [0, 0.1) is 22.7 Å². The van der Waals surface area contributed by atoms with Gasteiger partial charge in [0.05, 0.1) is 5.71 Å². The highest BCUT2D eigenvalue weighted by molar-refractivity contribution is 5.87. The van der Waals surface area contributed by atoms with E-state index in [-0.39, 0.29) is 0 Å². The molecule has 0 amide bonds. The highest BCUT2D eigenvalue weighted by atomic mass is 16.4. The summed E-state index contributed by atoms with van der Waals surface area (Å²) >= 11 is 0. The standard InChI is InChI=1S/C13H23NO/c1-5-11(14-15)9-8-13(4)7-6-10(9)12(13,2)3/h9-10,15H,5-8H2,1-4H3/b14-11+/t9-,10-,13+/m0/s1. The van der Waals surface area contributed by atoms with Gasteiger partial charge in [0.1, 0.15) is 0 Å². The van der Waals surface area contributed by atoms with E-state index in [1.807, 2.05) is 0 Å². The molecule has 0 aromatic carbocycles. The van der Waals surface area contributed by atoms with Gasteiger partial charge in [0.25, 0.3) is 0 Å². The Kier molecular flexibility index (Phi) is 2.36. The maximum Gasteiger partial charge on any atom is 0.0602 e. The molecule has 2 heteroatoms. The first-order valence-electron chi connectivity index (χ1n) is 6.17. The van der Waals surface area contributed by atoms with E-state index < -0.39 is 0 Å². The van der Waals surface area contributed by atoms with Crippen molar-refractivity contribution < 1.29 is 5.21 Å². The minimum Gasteiger partial charge on any atom is -0.411 e. The summed E-state index contributed by atoms with van der Waals surface area (Å²) in [6.07, 6.45) is 4.78. The van der Waals surface area contributed by atoms with Crippen LogP contribution in [0.2, 0.25) is 0 Å². The molecule has 0 aliphatic heterocycles. The molecule has 2 saturated carbocycles. The maximum atomic E-state index is 9.06. The molecule has 0 aromatic rings. The fourth-order valence-corrected chi connectivity index (χ4v) is 4.06. The summed E-state index contributed by atoms with van der Waals surface area (Å²) < 4.78 is 0. The van der Waals surface area contributed by atoms with E-state index in [4.69, 9.17) is 5.21 Å². The number of hydrogen-bond donors (Lipinski definition) is 1. The van der Waals surface area contributed by atoms with Gasteiger partial charge in [-0.25, -0.2) is 0 Å². The second kappa shape index (κ2) is 3.23. The SMILES string of the molecule is CC/C(=N\O)[C@H]1C[C@@]2(C)CC[C@@H]1C2(C)C. The van der Waals surface area contributed by atoms with Crippen LogP contribution in [-0.4, -0.2) is 10.9 Å². The zero-order chi connectivity index (χ0) is 11.3. The minimum atomic E-state index is 0.419. The van der Waals surface area contributed by atoms with Crippen molar-refractivity contribution in [1.82, 2.24) is 0 Å². The molecule has 2 aliphatic carbocycles. The van der Waals surface area contributed by atoms with Gasteiger partial charge in [-0.05, 0) is 42.4 Å². The monoisotopic (exact) mass is 209 g/mol. The molecule has 0 saturated heterocycles. The summed E-state index contributed by atoms with van der Waals surface area (Å²) in [6, 6.07) is 0. The van der Waals surface area contributed by atoms with Crippen LogP contribution in [0.15, 0.2) is 5.16 Å². The molecule has 2 nitrogen and oxygen atoms in total. The number of fused-ring (bicyclic) bond motifs is 2. The normalized spacial score (nSPS) is 43.6. The molecule has 0 aromatic heterocycles. The summed E-state index contributed by atoms with van der Waals surface area (Å²) in [4.78, 5) is 0. The average molecular weight is 209 g/mol. The van der Waals surface area contributed by atoms with Crippen LogP contribution < -0.4 is 0 Å². The zero-order valence-electron chi connectivity index (χ0n) is 10.4. The van der Waals surface area contributed by atoms with E-state index in [0.29, 0.717) is 16.7 Å². The van der Waals surface area contributed by atoms with Crippen LogP contribution in [0.25, 0.3) is 0 Å². The Morgan fingerprint density at radius 3 is 2.40 bits per heavy atom. The lowest BCUT2D eigenvalue weighted by Crippen LogP contribution is -2.27. The molecule has 2 fully saturated rings. The van der Waals surface area contributed by atoms with Crippen molar-refractivity contribution in [2.45, 2.75) is 53.4 Å². The molecule has 3 atom stereocenters. The predicted octanol–water partition coefficient (Wildman–Crippen LogP) is 3.69. The Morgan fingerprint density at radius 2 is 2.07 bits per heavy atom. The van der Waals surface area contributed by atoms with Crippen LogP contribution >= 0.6 is 0 Å². The van der Waals surface area contributed by atoms with E-state index in [9.17, 15) is 0 Å². The molecular formula is C13H23NO. The molecule has 2 rings (SSSR count). The largest absolute Gasteiger partial charge is 0.411 e. The summed E-state index contributed by atoms with van der Waals surface area (Å²) in [5.74, 6) is 1.27. The van der Waals surface area contributed by atoms with Crippen LogP contribution in [0.4, 0.5) is 0 Å². The molecular weight excluding hydrogens is 186 g/mol. The van der Waals surface area contributed by atoms with Gasteiger partial charge in [-0.2, -0.15) is 0 Å². The van der Waals surface area contributed by atoms with Crippen molar-refractivity contribution >= 4 is 5.71 Å². The first kappa shape index (κ1) is 11.0. The van der Waals surface area contributed by atoms with Crippen molar-refractivity contribution in [2.24, 2.45) is 27.8 Å². The van der Waals surface area contributed by atoms with Gasteiger partial charge in [-0.3, -0.25) is 0 Å². The predicted molar refractivity (Wildman–Crippen MR) is 62.2 cm³/mol. The van der Waals surface area contributed by atoms with Gasteiger partial charge in [-0.15, -0.1) is 0 Å². The molecule has 1 N–H and O–H groups in total. The summed E-state index contributed by atoms with van der Waals surface area (Å²) in [5.41, 5.74) is 1.91. The Hall–Kier alpha value is -0.530. The minimum absolute atomic E-state index is 0.419. The van der Waals surface area contributed by atoms with Crippen molar-refractivity contribution in [3.8, 4) is 0 Å². The van der Waals surface area contributed by atoms with Gasteiger partial charge in [0.15, 0.2) is 0 Å². The van der Waals surface area contributed by atoms with Crippen molar-refractivity contribution in [3.05, 3.63) is 0 Å². The second-order valence-corrected chi connectivity index (χ2v) is 6.18. The third kappa shape index (κ3) is 1.26. The smallest absolute Gasteiger partial charge is 0.0602 e. The summed E-state index contributed by atoms with van der Waals surface area (Å²) in [5, 5.41) is 12.6. The molecule has 0 spiro atoms. The number of hydrogen-bond acceptors (Lipinski definition) is 2. The van der Waals surface area contributed by atoms with Crippen molar-refractivity contribution in [2.75, 3.05) is 0 Å². The number of nitrogens with zero attached hydrogens (tertiary/aromatic N) is 1. The second-order valence-electron chi connectivity index (χ2n) is 6.18. The van der Waals surface area contributed by atoms with Crippen LogP contribution in [0.3, 0.4) is 0 Å². The van der Waals surface area contributed by atoms with Gasteiger partial charge >= 0.3 is 0 Å². The topological polar surface area (TPSA) is 32.6 Å². The van der Waals surface area contributed by atoms with Crippen molar-refractivity contribution in [3.63, 3.8) is 0 Å². The lowest BCUT2D eigenvalue weighted by atomic mass is 9.71. The molecule has 0 heterocycles. The van der Waals surface area contributed by atoms with E-state index >= 15 is 0 Å². The van der Waals surface area contributed by atoms with Crippen molar-refractivity contribution in [1.29, 1.82) is 0 Å². The Bertz CT molecular complexity index is 292. The lowest BCUT2D eigenvalue weighted by Gasteiger charge is -2.34. The number of rotatable bonds is 2. The summed E-state index contributed by atoms with van der Waals surface area (Å²) in [7, 11) is 0. The lowest BCUT2D eigenvalue weighted by molar-refractivity contribution is 0.152. The van der Waals surface area contributed by atoms with E-state index in [1.54, 1.807) is 0 Å². The molecule has 0 radical (unpaired) electrons. The van der Waals surface area contributed by atoms with E-state index in [2.05, 4.69) is 32.9 Å². The van der Waals surface area contributed by atoms with Crippen LogP contribution in [0.1, 0.15) is 53.4 Å². The van der Waals surface area contributed by atoms with E-state index in [0.717, 1.165) is 18.1 Å². The molecule has 15 heavy (non-hydrogen) atoms. The van der Waals surface area contributed by atoms with Crippen LogP contribution in [0.5, 0.6) is 0 Å². The fourth-order valence-electron chi connectivity index (χ4n) is 4.06. The Balaban J connectivity index is 2.29. The average Bonchev–Trinajstić information content (AvgIpc) is 2.50. The quantitative estimate of drug-likeness (QED) is 0.420. The first-order chi connectivity index (χ1) is 6.96. The van der Waals surface area contributed by atoms with Gasteiger partial charge in [0.2, 0.25) is 0 Å². The van der Waals surface area contributed by atoms with E-state index in [1.165, 1.54) is 19.3 Å².